The van der Waals surface area contributed by atoms with Gasteiger partial charge in [0.25, 0.3) is 0 Å². The maximum Gasteiger partial charge on any atom is 0.313 e. The normalized spacial score (nSPS) is 16.1. The lowest BCUT2D eigenvalue weighted by Crippen LogP contribution is -2.24. The first kappa shape index (κ1) is 32.2. The number of aliphatic hydroxyl groups excluding tert-OH is 1. The van der Waals surface area contributed by atoms with Gasteiger partial charge in [-0.05, 0) is 67.0 Å². The number of aliphatic hydroxyl groups is 1. The number of ketones is 1. The molecule has 1 saturated heterocycles. The van der Waals surface area contributed by atoms with Crippen LogP contribution in [0, 0.1) is 5.82 Å². The van der Waals surface area contributed by atoms with Crippen molar-refractivity contribution < 1.29 is 42.8 Å². The molecule has 0 radical (unpaired) electrons. The molecule has 3 rings (SSSR count). The summed E-state index contributed by atoms with van der Waals surface area (Å²) < 4.78 is 42.1. The average molecular weight is 573 g/mol. The van der Waals surface area contributed by atoms with Crippen molar-refractivity contribution in [2.75, 3.05) is 33.5 Å². The first-order chi connectivity index (χ1) is 19.7. The molecule has 1 fully saturated rings. The van der Waals surface area contributed by atoms with Gasteiger partial charge in [-0.2, -0.15) is 0 Å². The largest absolute Gasteiger partial charge is 0.492 e. The maximum atomic E-state index is 13.9. The van der Waals surface area contributed by atoms with Crippen LogP contribution in [-0.4, -0.2) is 62.8 Å². The minimum atomic E-state index is -1.13. The Hall–Kier alpha value is -3.27. The zero-order valence-electron chi connectivity index (χ0n) is 24.3. The Morgan fingerprint density at radius 1 is 1.17 bits per heavy atom. The van der Waals surface area contributed by atoms with Gasteiger partial charge in [-0.25, -0.2) is 4.39 Å². The van der Waals surface area contributed by atoms with Crippen LogP contribution in [0.4, 0.5) is 4.39 Å². The van der Waals surface area contributed by atoms with E-state index in [0.29, 0.717) is 35.8 Å². The standard InChI is InChI=1S/C32H41FO8/c1-5-38-29(36)19-25(35)18-24(34)13-14-26-27(21(2)3)20-28(39-16-17-41-30-8-6-7-15-40-30)32(37-4)31(26)22-9-11-23(33)12-10-22/h9-14,20-21,24,30,34H,5-8,15-19H2,1-4H3/b14-13+. The van der Waals surface area contributed by atoms with Crippen molar-refractivity contribution in [1.29, 1.82) is 0 Å². The highest BCUT2D eigenvalue weighted by Crippen LogP contribution is 2.45. The van der Waals surface area contributed by atoms with Crippen molar-refractivity contribution in [2.24, 2.45) is 0 Å². The Morgan fingerprint density at radius 2 is 1.93 bits per heavy atom. The van der Waals surface area contributed by atoms with Crippen LogP contribution >= 0.6 is 0 Å². The van der Waals surface area contributed by atoms with Gasteiger partial charge in [0.2, 0.25) is 0 Å². The lowest BCUT2D eigenvalue weighted by Gasteiger charge is -2.24. The van der Waals surface area contributed by atoms with Crippen LogP contribution in [0.3, 0.4) is 0 Å². The Labute approximate surface area is 241 Å². The Bertz CT molecular complexity index is 1170. The van der Waals surface area contributed by atoms with Crippen LogP contribution in [0.5, 0.6) is 11.5 Å². The summed E-state index contributed by atoms with van der Waals surface area (Å²) in [6.45, 7) is 7.21. The molecule has 9 heteroatoms. The van der Waals surface area contributed by atoms with Crippen LogP contribution < -0.4 is 9.47 Å². The van der Waals surface area contributed by atoms with Crippen molar-refractivity contribution in [3.63, 3.8) is 0 Å². The molecule has 41 heavy (non-hydrogen) atoms. The number of methoxy groups -OCH3 is 1. The number of esters is 1. The first-order valence-electron chi connectivity index (χ1n) is 14.1. The van der Waals surface area contributed by atoms with Crippen molar-refractivity contribution >= 4 is 17.8 Å². The Kier molecular flexibility index (Phi) is 12.8. The third-order valence-corrected chi connectivity index (χ3v) is 6.63. The summed E-state index contributed by atoms with van der Waals surface area (Å²) in [4.78, 5) is 23.9. The number of carbonyl (C=O) groups is 2. The van der Waals surface area contributed by atoms with E-state index in [1.54, 1.807) is 25.1 Å². The smallest absolute Gasteiger partial charge is 0.313 e. The highest BCUT2D eigenvalue weighted by atomic mass is 19.1. The van der Waals surface area contributed by atoms with Gasteiger partial charge in [0.05, 0.1) is 26.4 Å². The fourth-order valence-electron chi connectivity index (χ4n) is 4.67. The molecule has 2 unspecified atom stereocenters. The van der Waals surface area contributed by atoms with Gasteiger partial charge in [-0.3, -0.25) is 9.59 Å². The molecule has 0 spiro atoms. The second-order valence-electron chi connectivity index (χ2n) is 10.1. The lowest BCUT2D eigenvalue weighted by atomic mass is 9.88. The number of benzene rings is 2. The summed E-state index contributed by atoms with van der Waals surface area (Å²) in [5, 5.41) is 10.6. The van der Waals surface area contributed by atoms with Crippen LogP contribution in [0.15, 0.2) is 36.4 Å². The third-order valence-electron chi connectivity index (χ3n) is 6.63. The molecule has 0 saturated carbocycles. The first-order valence-corrected chi connectivity index (χ1v) is 14.1. The number of carbonyl (C=O) groups excluding carboxylic acids is 2. The van der Waals surface area contributed by atoms with Crippen LogP contribution in [0.1, 0.15) is 69.9 Å². The number of Topliss-reactive ketones (excluding diaryl/α,β-unsaturated/α-hetero) is 1. The second kappa shape index (κ2) is 16.2. The quantitative estimate of drug-likeness (QED) is 0.162. The molecule has 1 heterocycles. The minimum Gasteiger partial charge on any atom is -0.492 e. The molecule has 2 atom stereocenters. The molecule has 1 aliphatic heterocycles. The molecule has 0 aromatic heterocycles. The van der Waals surface area contributed by atoms with E-state index in [0.717, 1.165) is 30.4 Å². The van der Waals surface area contributed by atoms with E-state index < -0.39 is 24.3 Å². The molecule has 0 aliphatic carbocycles. The van der Waals surface area contributed by atoms with Gasteiger partial charge >= 0.3 is 5.97 Å². The van der Waals surface area contributed by atoms with Crippen molar-refractivity contribution in [3.05, 3.63) is 53.4 Å². The molecule has 1 N–H and O–H groups in total. The molecular weight excluding hydrogens is 531 g/mol. The van der Waals surface area contributed by atoms with Gasteiger partial charge in [-0.15, -0.1) is 0 Å². The topological polar surface area (TPSA) is 101 Å². The highest BCUT2D eigenvalue weighted by molar-refractivity contribution is 5.96. The average Bonchev–Trinajstić information content (AvgIpc) is 2.94. The van der Waals surface area contributed by atoms with E-state index in [2.05, 4.69) is 0 Å². The van der Waals surface area contributed by atoms with Crippen LogP contribution in [0.2, 0.25) is 0 Å². The van der Waals surface area contributed by atoms with E-state index in [9.17, 15) is 19.1 Å². The molecule has 0 amide bonds. The van der Waals surface area contributed by atoms with Gasteiger partial charge in [0.1, 0.15) is 24.6 Å². The summed E-state index contributed by atoms with van der Waals surface area (Å²) in [6.07, 6.45) is 4.23. The minimum absolute atomic E-state index is 0.0385. The third kappa shape index (κ3) is 9.66. The van der Waals surface area contributed by atoms with Gasteiger partial charge in [0.15, 0.2) is 17.8 Å². The van der Waals surface area contributed by atoms with Crippen molar-refractivity contribution in [3.8, 4) is 22.6 Å². The van der Waals surface area contributed by atoms with Crippen molar-refractivity contribution in [1.82, 2.24) is 0 Å². The molecule has 1 aliphatic rings. The molecule has 2 aromatic rings. The van der Waals surface area contributed by atoms with E-state index in [-0.39, 0.29) is 37.7 Å². The van der Waals surface area contributed by atoms with E-state index >= 15 is 0 Å². The predicted molar refractivity (Wildman–Crippen MR) is 153 cm³/mol. The van der Waals surface area contributed by atoms with E-state index in [4.69, 9.17) is 23.7 Å². The fraction of sp³-hybridized carbons (Fsp3) is 0.500. The summed E-state index contributed by atoms with van der Waals surface area (Å²) in [7, 11) is 1.53. The molecule has 2 aromatic carbocycles. The highest BCUT2D eigenvalue weighted by Gasteiger charge is 2.23. The van der Waals surface area contributed by atoms with Gasteiger partial charge in [-0.1, -0.05) is 38.1 Å². The molecule has 224 valence electrons. The lowest BCUT2D eigenvalue weighted by molar-refractivity contribution is -0.165. The number of ether oxygens (including phenoxy) is 5. The number of hydrogen-bond acceptors (Lipinski definition) is 8. The second-order valence-corrected chi connectivity index (χ2v) is 10.1. The summed E-state index contributed by atoms with van der Waals surface area (Å²) in [6, 6.07) is 7.94. The number of rotatable bonds is 15. The molecular formula is C32H41FO8. The molecule has 8 nitrogen and oxygen atoms in total. The zero-order valence-corrected chi connectivity index (χ0v) is 24.3. The fourth-order valence-corrected chi connectivity index (χ4v) is 4.67. The number of hydrogen-bond donors (Lipinski definition) is 1. The monoisotopic (exact) mass is 572 g/mol. The van der Waals surface area contributed by atoms with E-state index in [1.807, 2.05) is 19.9 Å². The maximum absolute atomic E-state index is 13.9. The number of halogens is 1. The van der Waals surface area contributed by atoms with Crippen molar-refractivity contribution in [2.45, 2.75) is 71.2 Å². The van der Waals surface area contributed by atoms with Gasteiger partial charge < -0.3 is 28.8 Å². The Balaban J connectivity index is 1.92. The van der Waals surface area contributed by atoms with E-state index in [1.165, 1.54) is 25.3 Å². The molecule has 0 bridgehead atoms. The SMILES string of the molecule is CCOC(=O)CC(=O)CC(O)/C=C/c1c(C(C)C)cc(OCCOC2CCCCO2)c(OC)c1-c1ccc(F)cc1. The summed E-state index contributed by atoms with van der Waals surface area (Å²) in [5.41, 5.74) is 2.99. The summed E-state index contributed by atoms with van der Waals surface area (Å²) >= 11 is 0. The Morgan fingerprint density at radius 3 is 2.56 bits per heavy atom. The predicted octanol–water partition coefficient (Wildman–Crippen LogP) is 5.83. The van der Waals surface area contributed by atoms with Crippen LogP contribution in [0.25, 0.3) is 17.2 Å². The van der Waals surface area contributed by atoms with Crippen LogP contribution in [-0.2, 0) is 23.8 Å². The van der Waals surface area contributed by atoms with Gasteiger partial charge in [0, 0.05) is 18.6 Å². The summed E-state index contributed by atoms with van der Waals surface area (Å²) in [5.74, 6) is -0.430. The zero-order chi connectivity index (χ0) is 29.8.